The van der Waals surface area contributed by atoms with Crippen LogP contribution in [0.2, 0.25) is 0 Å². The molecule has 1 aliphatic rings. The van der Waals surface area contributed by atoms with Crippen molar-refractivity contribution in [2.75, 3.05) is 19.6 Å². The molecule has 0 amide bonds. The predicted molar refractivity (Wildman–Crippen MR) is 71.6 cm³/mol. The van der Waals surface area contributed by atoms with Gasteiger partial charge >= 0.3 is 0 Å². The average Bonchev–Trinajstić information content (AvgIpc) is 2.26. The van der Waals surface area contributed by atoms with E-state index in [-0.39, 0.29) is 5.54 Å². The highest BCUT2D eigenvalue weighted by Crippen LogP contribution is 2.32. The summed E-state index contributed by atoms with van der Waals surface area (Å²) in [4.78, 5) is 2.67. The Morgan fingerprint density at radius 3 is 2.25 bits per heavy atom. The first-order chi connectivity index (χ1) is 7.72. The fourth-order valence-corrected chi connectivity index (χ4v) is 3.04. The largest absolute Gasteiger partial charge is 0.329 e. The molecule has 1 atom stereocenters. The molecule has 16 heavy (non-hydrogen) atoms. The van der Waals surface area contributed by atoms with Crippen LogP contribution in [0, 0.1) is 5.92 Å². The molecule has 96 valence electrons. The number of likely N-dealkylation sites (N-methyl/N-ethyl adjacent to an activating group) is 1. The summed E-state index contributed by atoms with van der Waals surface area (Å²) >= 11 is 0. The van der Waals surface area contributed by atoms with Gasteiger partial charge in [0, 0.05) is 18.6 Å². The van der Waals surface area contributed by atoms with Crippen LogP contribution in [0.4, 0.5) is 0 Å². The van der Waals surface area contributed by atoms with Gasteiger partial charge in [-0.2, -0.15) is 0 Å². The molecule has 1 aliphatic carbocycles. The first-order valence-electron chi connectivity index (χ1n) is 7.17. The fraction of sp³-hybridized carbons (Fsp3) is 1.00. The highest BCUT2D eigenvalue weighted by Gasteiger charge is 2.34. The van der Waals surface area contributed by atoms with E-state index in [1.54, 1.807) is 0 Å². The van der Waals surface area contributed by atoms with Crippen LogP contribution >= 0.6 is 0 Å². The van der Waals surface area contributed by atoms with E-state index in [0.29, 0.717) is 0 Å². The minimum atomic E-state index is 0.277. The van der Waals surface area contributed by atoms with Gasteiger partial charge in [0.15, 0.2) is 0 Å². The summed E-state index contributed by atoms with van der Waals surface area (Å²) in [7, 11) is 0. The number of nitrogens with two attached hydrogens (primary N) is 1. The second-order valence-electron chi connectivity index (χ2n) is 5.37. The number of nitrogens with zero attached hydrogens (tertiary/aromatic N) is 1. The van der Waals surface area contributed by atoms with Crippen molar-refractivity contribution in [3.05, 3.63) is 0 Å². The zero-order chi connectivity index (χ0) is 12.0. The van der Waals surface area contributed by atoms with Crippen LogP contribution in [-0.2, 0) is 0 Å². The number of hydrogen-bond donors (Lipinski definition) is 1. The van der Waals surface area contributed by atoms with Crippen molar-refractivity contribution in [3.8, 4) is 0 Å². The summed E-state index contributed by atoms with van der Waals surface area (Å²) in [5.74, 6) is 0.953. The monoisotopic (exact) mass is 226 g/mol. The van der Waals surface area contributed by atoms with Crippen molar-refractivity contribution >= 4 is 0 Å². The van der Waals surface area contributed by atoms with Crippen molar-refractivity contribution < 1.29 is 0 Å². The molecule has 1 unspecified atom stereocenters. The molecule has 2 heteroatoms. The van der Waals surface area contributed by atoms with Crippen LogP contribution in [0.25, 0.3) is 0 Å². The standard InChI is InChI=1S/C14H30N2/c1-4-10-14(5-2,12-15)16(6-3)11-13-8-7-9-13/h13H,4-12,15H2,1-3H3. The molecule has 0 aromatic heterocycles. The first-order valence-corrected chi connectivity index (χ1v) is 7.17. The lowest BCUT2D eigenvalue weighted by atomic mass is 9.82. The summed E-state index contributed by atoms with van der Waals surface area (Å²) in [6.45, 7) is 10.1. The van der Waals surface area contributed by atoms with Gasteiger partial charge in [0.1, 0.15) is 0 Å². The highest BCUT2D eigenvalue weighted by molar-refractivity contribution is 4.91. The van der Waals surface area contributed by atoms with Crippen LogP contribution in [0.5, 0.6) is 0 Å². The van der Waals surface area contributed by atoms with E-state index in [1.165, 1.54) is 45.1 Å². The van der Waals surface area contributed by atoms with E-state index in [0.717, 1.165) is 19.0 Å². The van der Waals surface area contributed by atoms with Crippen molar-refractivity contribution in [1.82, 2.24) is 4.90 Å². The van der Waals surface area contributed by atoms with Crippen LogP contribution in [0.1, 0.15) is 59.3 Å². The third-order valence-electron chi connectivity index (χ3n) is 4.51. The van der Waals surface area contributed by atoms with E-state index in [9.17, 15) is 0 Å². The molecule has 1 rings (SSSR count). The lowest BCUT2D eigenvalue weighted by Crippen LogP contribution is -2.55. The van der Waals surface area contributed by atoms with Crippen LogP contribution in [-0.4, -0.2) is 30.1 Å². The molecule has 0 spiro atoms. The maximum absolute atomic E-state index is 6.07. The van der Waals surface area contributed by atoms with E-state index >= 15 is 0 Å². The van der Waals surface area contributed by atoms with E-state index in [4.69, 9.17) is 5.73 Å². The molecule has 0 aliphatic heterocycles. The maximum atomic E-state index is 6.07. The maximum Gasteiger partial charge on any atom is 0.0329 e. The van der Waals surface area contributed by atoms with E-state index < -0.39 is 0 Å². The van der Waals surface area contributed by atoms with Crippen molar-refractivity contribution in [2.45, 2.75) is 64.8 Å². The van der Waals surface area contributed by atoms with Crippen molar-refractivity contribution in [1.29, 1.82) is 0 Å². The second kappa shape index (κ2) is 6.61. The van der Waals surface area contributed by atoms with Gasteiger partial charge in [-0.3, -0.25) is 4.90 Å². The van der Waals surface area contributed by atoms with E-state index in [1.807, 2.05) is 0 Å². The summed E-state index contributed by atoms with van der Waals surface area (Å²) in [6, 6.07) is 0. The van der Waals surface area contributed by atoms with Gasteiger partial charge < -0.3 is 5.73 Å². The Labute approximate surface area is 102 Å². The Morgan fingerprint density at radius 2 is 1.94 bits per heavy atom. The van der Waals surface area contributed by atoms with Gasteiger partial charge in [-0.05, 0) is 38.1 Å². The fourth-order valence-electron chi connectivity index (χ4n) is 3.04. The SMILES string of the molecule is CCCC(CC)(CN)N(CC)CC1CCC1. The van der Waals surface area contributed by atoms with Gasteiger partial charge in [0.05, 0.1) is 0 Å². The molecular formula is C14H30N2. The molecule has 0 aromatic rings. The van der Waals surface area contributed by atoms with Gasteiger partial charge in [-0.25, -0.2) is 0 Å². The molecule has 2 nitrogen and oxygen atoms in total. The van der Waals surface area contributed by atoms with Crippen LogP contribution in [0.3, 0.4) is 0 Å². The molecule has 0 radical (unpaired) electrons. The summed E-state index contributed by atoms with van der Waals surface area (Å²) in [5.41, 5.74) is 6.35. The summed E-state index contributed by atoms with van der Waals surface area (Å²) in [6.07, 6.45) is 8.00. The van der Waals surface area contributed by atoms with Crippen molar-refractivity contribution in [2.24, 2.45) is 11.7 Å². The summed E-state index contributed by atoms with van der Waals surface area (Å²) < 4.78 is 0. The minimum Gasteiger partial charge on any atom is -0.329 e. The molecule has 1 fully saturated rings. The van der Waals surface area contributed by atoms with Gasteiger partial charge in [-0.1, -0.05) is 33.6 Å². The lowest BCUT2D eigenvalue weighted by Gasteiger charge is -2.45. The Kier molecular flexibility index (Phi) is 5.77. The highest BCUT2D eigenvalue weighted by atomic mass is 15.2. The summed E-state index contributed by atoms with van der Waals surface area (Å²) in [5, 5.41) is 0. The Bertz CT molecular complexity index is 183. The molecular weight excluding hydrogens is 196 g/mol. The quantitative estimate of drug-likeness (QED) is 0.689. The first kappa shape index (κ1) is 14.0. The number of hydrogen-bond acceptors (Lipinski definition) is 2. The van der Waals surface area contributed by atoms with Gasteiger partial charge in [-0.15, -0.1) is 0 Å². The van der Waals surface area contributed by atoms with Crippen LogP contribution in [0.15, 0.2) is 0 Å². The smallest absolute Gasteiger partial charge is 0.0329 e. The lowest BCUT2D eigenvalue weighted by molar-refractivity contribution is 0.0524. The minimum absolute atomic E-state index is 0.277. The Balaban J connectivity index is 2.62. The normalized spacial score (nSPS) is 20.8. The Hall–Kier alpha value is -0.0800. The third-order valence-corrected chi connectivity index (χ3v) is 4.51. The van der Waals surface area contributed by atoms with E-state index in [2.05, 4.69) is 25.7 Å². The molecule has 0 aromatic carbocycles. The molecule has 1 saturated carbocycles. The topological polar surface area (TPSA) is 29.3 Å². The van der Waals surface area contributed by atoms with Gasteiger partial charge in [0.25, 0.3) is 0 Å². The molecule has 2 N–H and O–H groups in total. The van der Waals surface area contributed by atoms with Crippen LogP contribution < -0.4 is 5.73 Å². The molecule has 0 bridgehead atoms. The zero-order valence-corrected chi connectivity index (χ0v) is 11.5. The average molecular weight is 226 g/mol. The second-order valence-corrected chi connectivity index (χ2v) is 5.37. The molecule has 0 saturated heterocycles. The molecule has 0 heterocycles. The Morgan fingerprint density at radius 1 is 1.25 bits per heavy atom. The predicted octanol–water partition coefficient (Wildman–Crippen LogP) is 3.02. The third kappa shape index (κ3) is 2.98. The number of rotatable bonds is 8. The van der Waals surface area contributed by atoms with Gasteiger partial charge in [0.2, 0.25) is 0 Å². The zero-order valence-electron chi connectivity index (χ0n) is 11.5. The van der Waals surface area contributed by atoms with Crippen molar-refractivity contribution in [3.63, 3.8) is 0 Å².